The number of rotatable bonds is 4. The van der Waals surface area contributed by atoms with Gasteiger partial charge in [-0.25, -0.2) is 0 Å². The molecule has 1 amide bonds. The topological polar surface area (TPSA) is 76.6 Å². The number of benzene rings is 1. The van der Waals surface area contributed by atoms with Crippen molar-refractivity contribution >= 4 is 46.0 Å². The molecule has 6 nitrogen and oxygen atoms in total. The van der Waals surface area contributed by atoms with Crippen molar-refractivity contribution in [1.82, 2.24) is 4.90 Å². The van der Waals surface area contributed by atoms with Crippen molar-refractivity contribution < 1.29 is 14.1 Å². The Balaban J connectivity index is 1.89. The normalized spacial score (nSPS) is 16.3. The molecule has 1 fully saturated rings. The van der Waals surface area contributed by atoms with Gasteiger partial charge in [0.1, 0.15) is 10.1 Å². The number of nitrogens with zero attached hydrogens (tertiary/aromatic N) is 2. The van der Waals surface area contributed by atoms with Crippen molar-refractivity contribution in [3.05, 3.63) is 69.0 Å². The van der Waals surface area contributed by atoms with Crippen LogP contribution in [0.3, 0.4) is 0 Å². The number of thioether (sulfide) groups is 1. The quantitative estimate of drug-likeness (QED) is 0.364. The van der Waals surface area contributed by atoms with Crippen LogP contribution in [0.4, 0.5) is 5.69 Å². The number of carbonyl (C=O) groups is 1. The molecule has 8 heteroatoms. The molecule has 1 aliphatic heterocycles. The highest BCUT2D eigenvalue weighted by molar-refractivity contribution is 8.26. The molecule has 1 saturated heterocycles. The van der Waals surface area contributed by atoms with Gasteiger partial charge in [-0.15, -0.1) is 0 Å². The van der Waals surface area contributed by atoms with E-state index >= 15 is 0 Å². The molecule has 2 aromatic rings. The Morgan fingerprint density at radius 2 is 2.09 bits per heavy atom. The number of thiocarbonyl (C=S) groups is 1. The second-order valence-electron chi connectivity index (χ2n) is 4.66. The van der Waals surface area contributed by atoms with Crippen LogP contribution in [-0.4, -0.2) is 20.1 Å². The first-order valence-electron chi connectivity index (χ1n) is 6.57. The molecule has 1 aliphatic rings. The van der Waals surface area contributed by atoms with Crippen molar-refractivity contribution in [2.45, 2.75) is 6.54 Å². The molecule has 0 N–H and O–H groups in total. The average Bonchev–Trinajstić information content (AvgIpc) is 3.12. The van der Waals surface area contributed by atoms with E-state index in [0.29, 0.717) is 20.5 Å². The van der Waals surface area contributed by atoms with Gasteiger partial charge < -0.3 is 4.42 Å². The van der Waals surface area contributed by atoms with Crippen LogP contribution in [-0.2, 0) is 11.3 Å². The predicted molar refractivity (Wildman–Crippen MR) is 90.5 cm³/mol. The van der Waals surface area contributed by atoms with Gasteiger partial charge in [0.2, 0.25) is 0 Å². The van der Waals surface area contributed by atoms with Crippen LogP contribution in [0.1, 0.15) is 11.3 Å². The maximum Gasteiger partial charge on any atom is 0.276 e. The second kappa shape index (κ2) is 6.35. The Morgan fingerprint density at radius 3 is 2.78 bits per heavy atom. The molecule has 0 spiro atoms. The van der Waals surface area contributed by atoms with Crippen LogP contribution in [0.25, 0.3) is 6.08 Å². The fourth-order valence-electron chi connectivity index (χ4n) is 2.11. The number of carbonyl (C=O) groups excluding carboxylic acids is 1. The number of para-hydroxylation sites is 1. The molecule has 1 aromatic carbocycles. The summed E-state index contributed by atoms with van der Waals surface area (Å²) in [6, 6.07) is 9.74. The van der Waals surface area contributed by atoms with Crippen LogP contribution >= 0.6 is 24.0 Å². The number of hydrogen-bond donors (Lipinski definition) is 0. The van der Waals surface area contributed by atoms with Crippen molar-refractivity contribution in [2.24, 2.45) is 0 Å². The smallest absolute Gasteiger partial charge is 0.276 e. The lowest BCUT2D eigenvalue weighted by atomic mass is 10.1. The van der Waals surface area contributed by atoms with Crippen LogP contribution < -0.4 is 0 Å². The molecule has 0 saturated carbocycles. The van der Waals surface area contributed by atoms with Crippen molar-refractivity contribution in [3.8, 4) is 0 Å². The maximum atomic E-state index is 12.5. The number of furan rings is 1. The highest BCUT2D eigenvalue weighted by Crippen LogP contribution is 2.35. The molecule has 0 unspecified atom stereocenters. The summed E-state index contributed by atoms with van der Waals surface area (Å²) >= 11 is 6.34. The van der Waals surface area contributed by atoms with Crippen molar-refractivity contribution in [1.29, 1.82) is 0 Å². The van der Waals surface area contributed by atoms with Crippen LogP contribution in [0, 0.1) is 10.1 Å². The lowest BCUT2D eigenvalue weighted by Gasteiger charge is -2.11. The Labute approximate surface area is 140 Å². The van der Waals surface area contributed by atoms with Gasteiger partial charge in [-0.1, -0.05) is 36.1 Å². The third kappa shape index (κ3) is 3.17. The zero-order valence-electron chi connectivity index (χ0n) is 11.7. The summed E-state index contributed by atoms with van der Waals surface area (Å²) in [6.45, 7) is 0.242. The fourth-order valence-corrected chi connectivity index (χ4v) is 3.36. The Bertz CT molecular complexity index is 815. The van der Waals surface area contributed by atoms with Crippen molar-refractivity contribution in [2.75, 3.05) is 0 Å². The summed E-state index contributed by atoms with van der Waals surface area (Å²) in [5.74, 6) is 0.336. The van der Waals surface area contributed by atoms with E-state index in [0.717, 1.165) is 11.8 Å². The van der Waals surface area contributed by atoms with Gasteiger partial charge >= 0.3 is 0 Å². The van der Waals surface area contributed by atoms with Gasteiger partial charge in [-0.3, -0.25) is 19.8 Å². The van der Waals surface area contributed by atoms with Gasteiger partial charge in [-0.2, -0.15) is 0 Å². The molecule has 116 valence electrons. The Hall–Kier alpha value is -2.45. The van der Waals surface area contributed by atoms with E-state index in [1.807, 2.05) is 0 Å². The first-order valence-corrected chi connectivity index (χ1v) is 7.80. The van der Waals surface area contributed by atoms with Gasteiger partial charge in [0.25, 0.3) is 11.6 Å². The highest BCUT2D eigenvalue weighted by atomic mass is 32.2. The monoisotopic (exact) mass is 346 g/mol. The van der Waals surface area contributed by atoms with E-state index in [1.165, 1.54) is 23.3 Å². The Kier molecular flexibility index (Phi) is 4.26. The van der Waals surface area contributed by atoms with Crippen LogP contribution in [0.5, 0.6) is 0 Å². The third-order valence-corrected chi connectivity index (χ3v) is 4.57. The zero-order chi connectivity index (χ0) is 16.4. The standard InChI is InChI=1S/C15H10N2O4S2/c18-14-13(8-10-4-1-2-6-12(10)17(19)20)23-15(22)16(14)9-11-5-3-7-21-11/h1-8H,9H2. The van der Waals surface area contributed by atoms with E-state index in [-0.39, 0.29) is 18.1 Å². The second-order valence-corrected chi connectivity index (χ2v) is 6.34. The minimum atomic E-state index is -0.477. The van der Waals surface area contributed by atoms with E-state index < -0.39 is 4.92 Å². The molecular weight excluding hydrogens is 336 g/mol. The molecule has 2 heterocycles. The van der Waals surface area contributed by atoms with E-state index in [4.69, 9.17) is 16.6 Å². The predicted octanol–water partition coefficient (Wildman–Crippen LogP) is 3.59. The van der Waals surface area contributed by atoms with Gasteiger partial charge in [0.05, 0.1) is 28.2 Å². The maximum absolute atomic E-state index is 12.5. The summed E-state index contributed by atoms with van der Waals surface area (Å²) < 4.78 is 5.62. The number of amides is 1. The molecule has 23 heavy (non-hydrogen) atoms. The van der Waals surface area contributed by atoms with Crippen LogP contribution in [0.2, 0.25) is 0 Å². The fraction of sp³-hybridized carbons (Fsp3) is 0.0667. The number of hydrogen-bond acceptors (Lipinski definition) is 6. The highest BCUT2D eigenvalue weighted by Gasteiger charge is 2.33. The van der Waals surface area contributed by atoms with Crippen LogP contribution in [0.15, 0.2) is 52.0 Å². The summed E-state index contributed by atoms with van der Waals surface area (Å²) in [4.78, 5) is 24.8. The van der Waals surface area contributed by atoms with E-state index in [1.54, 1.807) is 30.3 Å². The molecule has 0 aliphatic carbocycles. The molecular formula is C15H10N2O4S2. The largest absolute Gasteiger partial charge is 0.467 e. The summed E-state index contributed by atoms with van der Waals surface area (Å²) in [5.41, 5.74) is 0.319. The minimum absolute atomic E-state index is 0.0520. The van der Waals surface area contributed by atoms with E-state index in [9.17, 15) is 14.9 Å². The first kappa shape index (κ1) is 15.4. The molecule has 0 bridgehead atoms. The minimum Gasteiger partial charge on any atom is -0.467 e. The van der Waals surface area contributed by atoms with Gasteiger partial charge in [0.15, 0.2) is 0 Å². The zero-order valence-corrected chi connectivity index (χ0v) is 13.3. The summed E-state index contributed by atoms with van der Waals surface area (Å²) in [5, 5.41) is 11.1. The molecule has 1 aromatic heterocycles. The average molecular weight is 346 g/mol. The van der Waals surface area contributed by atoms with E-state index in [2.05, 4.69) is 0 Å². The lowest BCUT2D eigenvalue weighted by molar-refractivity contribution is -0.385. The SMILES string of the molecule is O=C1C(=Cc2ccccc2[N+](=O)[O-])SC(=S)N1Cc1ccco1. The Morgan fingerprint density at radius 1 is 1.30 bits per heavy atom. The van der Waals surface area contributed by atoms with Gasteiger partial charge in [-0.05, 0) is 24.3 Å². The lowest BCUT2D eigenvalue weighted by Crippen LogP contribution is -2.27. The molecule has 0 atom stereocenters. The summed E-state index contributed by atoms with van der Waals surface area (Å²) in [7, 11) is 0. The number of nitro groups is 1. The molecule has 0 radical (unpaired) electrons. The summed E-state index contributed by atoms with van der Waals surface area (Å²) in [6.07, 6.45) is 3.02. The molecule has 3 rings (SSSR count). The van der Waals surface area contributed by atoms with Gasteiger partial charge in [0, 0.05) is 6.07 Å². The first-order chi connectivity index (χ1) is 11.1. The third-order valence-electron chi connectivity index (χ3n) is 3.19. The van der Waals surface area contributed by atoms with Crippen molar-refractivity contribution in [3.63, 3.8) is 0 Å². The number of nitro benzene ring substituents is 1.